The zero-order valence-electron chi connectivity index (χ0n) is 12.6. The molecule has 0 bridgehead atoms. The molecule has 23 heavy (non-hydrogen) atoms. The van der Waals surface area contributed by atoms with Gasteiger partial charge in [-0.15, -0.1) is 0 Å². The number of rotatable bonds is 5. The van der Waals surface area contributed by atoms with Gasteiger partial charge in [-0.1, -0.05) is 29.8 Å². The highest BCUT2D eigenvalue weighted by atomic mass is 35.5. The molecule has 0 aliphatic carbocycles. The van der Waals surface area contributed by atoms with Gasteiger partial charge in [0.1, 0.15) is 5.82 Å². The first-order valence-electron chi connectivity index (χ1n) is 7.22. The van der Waals surface area contributed by atoms with Gasteiger partial charge in [-0.05, 0) is 31.2 Å². The summed E-state index contributed by atoms with van der Waals surface area (Å²) in [6.45, 7) is 2.52. The van der Waals surface area contributed by atoms with Crippen molar-refractivity contribution in [2.24, 2.45) is 0 Å². The predicted octanol–water partition coefficient (Wildman–Crippen LogP) is 4.19. The Labute approximate surface area is 139 Å². The van der Waals surface area contributed by atoms with E-state index in [0.29, 0.717) is 17.5 Å². The summed E-state index contributed by atoms with van der Waals surface area (Å²) in [5.74, 6) is 1.24. The zero-order chi connectivity index (χ0) is 16.1. The van der Waals surface area contributed by atoms with Crippen molar-refractivity contribution in [1.82, 2.24) is 15.0 Å². The van der Waals surface area contributed by atoms with Crippen LogP contribution in [0.25, 0.3) is 0 Å². The molecule has 3 aromatic rings. The summed E-state index contributed by atoms with van der Waals surface area (Å²) in [6, 6.07) is 15.2. The van der Waals surface area contributed by atoms with E-state index in [1.165, 1.54) is 0 Å². The Balaban J connectivity index is 1.75. The molecule has 0 amide bonds. The zero-order valence-corrected chi connectivity index (χ0v) is 13.4. The van der Waals surface area contributed by atoms with Crippen LogP contribution in [0.2, 0.25) is 5.02 Å². The highest BCUT2D eigenvalue weighted by Gasteiger charge is 2.05. The first kappa shape index (κ1) is 15.2. The molecule has 0 unspecified atom stereocenters. The molecule has 0 saturated heterocycles. The minimum absolute atomic E-state index is 0.502. The Morgan fingerprint density at radius 1 is 1.04 bits per heavy atom. The van der Waals surface area contributed by atoms with Gasteiger partial charge in [0, 0.05) is 18.0 Å². The summed E-state index contributed by atoms with van der Waals surface area (Å²) < 4.78 is 0. The maximum absolute atomic E-state index is 6.15. The van der Waals surface area contributed by atoms with Gasteiger partial charge in [0.05, 0.1) is 22.9 Å². The Bertz CT molecular complexity index is 792. The molecule has 116 valence electrons. The lowest BCUT2D eigenvalue weighted by Crippen LogP contribution is -2.06. The number of benzene rings is 1. The maximum atomic E-state index is 6.15. The first-order chi connectivity index (χ1) is 11.2. The Morgan fingerprint density at radius 2 is 1.87 bits per heavy atom. The number of hydrogen-bond acceptors (Lipinski definition) is 5. The average molecular weight is 326 g/mol. The third-order valence-corrected chi connectivity index (χ3v) is 3.48. The van der Waals surface area contributed by atoms with Crippen LogP contribution in [0.4, 0.5) is 17.5 Å². The second-order valence-corrected chi connectivity index (χ2v) is 5.40. The van der Waals surface area contributed by atoms with Gasteiger partial charge < -0.3 is 10.6 Å². The van der Waals surface area contributed by atoms with E-state index in [1.54, 1.807) is 6.20 Å². The minimum Gasteiger partial charge on any atom is -0.364 e. The topological polar surface area (TPSA) is 62.7 Å². The molecule has 0 aliphatic heterocycles. The van der Waals surface area contributed by atoms with Crippen LogP contribution in [0.1, 0.15) is 11.4 Å². The number of hydrogen-bond donors (Lipinski definition) is 2. The molecule has 0 spiro atoms. The fraction of sp³-hybridized carbons (Fsp3) is 0.118. The second-order valence-electron chi connectivity index (χ2n) is 5.00. The number of para-hydroxylation sites is 1. The van der Waals surface area contributed by atoms with Gasteiger partial charge in [0.2, 0.25) is 5.95 Å². The summed E-state index contributed by atoms with van der Waals surface area (Å²) in [5, 5.41) is 7.02. The fourth-order valence-corrected chi connectivity index (χ4v) is 2.26. The van der Waals surface area contributed by atoms with Gasteiger partial charge >= 0.3 is 0 Å². The fourth-order valence-electron chi connectivity index (χ4n) is 2.08. The summed E-state index contributed by atoms with van der Waals surface area (Å²) in [5.41, 5.74) is 2.58. The lowest BCUT2D eigenvalue weighted by molar-refractivity contribution is 1.01. The van der Waals surface area contributed by atoms with Crippen LogP contribution in [-0.4, -0.2) is 15.0 Å². The lowest BCUT2D eigenvalue weighted by Gasteiger charge is -2.10. The van der Waals surface area contributed by atoms with Crippen molar-refractivity contribution in [3.05, 3.63) is 71.1 Å². The summed E-state index contributed by atoms with van der Waals surface area (Å²) in [7, 11) is 0. The highest BCUT2D eigenvalue weighted by molar-refractivity contribution is 6.33. The molecule has 5 nitrogen and oxygen atoms in total. The molecular weight excluding hydrogens is 310 g/mol. The van der Waals surface area contributed by atoms with Crippen molar-refractivity contribution < 1.29 is 0 Å². The number of aromatic nitrogens is 3. The second kappa shape index (κ2) is 7.07. The third kappa shape index (κ3) is 4.17. The van der Waals surface area contributed by atoms with Crippen LogP contribution in [0.15, 0.2) is 54.7 Å². The Kier molecular flexibility index (Phi) is 4.68. The quantitative estimate of drug-likeness (QED) is 0.736. The number of pyridine rings is 1. The van der Waals surface area contributed by atoms with Crippen molar-refractivity contribution >= 4 is 29.1 Å². The van der Waals surface area contributed by atoms with Gasteiger partial charge in [0.25, 0.3) is 0 Å². The molecule has 2 aromatic heterocycles. The molecular formula is C17H16ClN5. The van der Waals surface area contributed by atoms with E-state index in [0.717, 1.165) is 22.9 Å². The van der Waals surface area contributed by atoms with Crippen LogP contribution >= 0.6 is 11.6 Å². The van der Waals surface area contributed by atoms with Gasteiger partial charge in [0.15, 0.2) is 0 Å². The van der Waals surface area contributed by atoms with Crippen LogP contribution in [-0.2, 0) is 6.54 Å². The highest BCUT2D eigenvalue weighted by Crippen LogP contribution is 2.23. The summed E-state index contributed by atoms with van der Waals surface area (Å²) in [4.78, 5) is 13.1. The van der Waals surface area contributed by atoms with E-state index in [4.69, 9.17) is 11.6 Å². The normalized spacial score (nSPS) is 10.3. The molecule has 1 aromatic carbocycles. The van der Waals surface area contributed by atoms with Crippen LogP contribution in [0, 0.1) is 6.92 Å². The van der Waals surface area contributed by atoms with E-state index in [9.17, 15) is 0 Å². The van der Waals surface area contributed by atoms with Crippen molar-refractivity contribution in [1.29, 1.82) is 0 Å². The Hall–Kier alpha value is -2.66. The van der Waals surface area contributed by atoms with E-state index in [-0.39, 0.29) is 0 Å². The number of halogens is 1. The molecule has 3 rings (SSSR count). The minimum atomic E-state index is 0.502. The van der Waals surface area contributed by atoms with Crippen molar-refractivity contribution in [2.75, 3.05) is 10.6 Å². The van der Waals surface area contributed by atoms with Crippen LogP contribution in [0.5, 0.6) is 0 Å². The molecule has 0 aliphatic rings. The molecule has 0 fully saturated rings. The average Bonchev–Trinajstić information content (AvgIpc) is 2.56. The van der Waals surface area contributed by atoms with Gasteiger partial charge in [-0.3, -0.25) is 4.98 Å². The smallest absolute Gasteiger partial charge is 0.229 e. The number of anilines is 3. The molecule has 2 heterocycles. The predicted molar refractivity (Wildman–Crippen MR) is 93.1 cm³/mol. The lowest BCUT2D eigenvalue weighted by atomic mass is 10.3. The third-order valence-electron chi connectivity index (χ3n) is 3.15. The molecule has 2 N–H and O–H groups in total. The first-order valence-corrected chi connectivity index (χ1v) is 7.59. The van der Waals surface area contributed by atoms with Gasteiger partial charge in [-0.2, -0.15) is 4.98 Å². The largest absolute Gasteiger partial charge is 0.364 e. The van der Waals surface area contributed by atoms with Crippen molar-refractivity contribution in [3.63, 3.8) is 0 Å². The van der Waals surface area contributed by atoms with Gasteiger partial charge in [-0.25, -0.2) is 4.98 Å². The number of aryl methyl sites for hydroxylation is 1. The number of nitrogens with one attached hydrogen (secondary N) is 2. The molecule has 0 radical (unpaired) electrons. The van der Waals surface area contributed by atoms with Crippen molar-refractivity contribution in [3.8, 4) is 0 Å². The summed E-state index contributed by atoms with van der Waals surface area (Å²) >= 11 is 6.15. The molecule has 6 heteroatoms. The monoisotopic (exact) mass is 325 g/mol. The van der Waals surface area contributed by atoms with Crippen molar-refractivity contribution in [2.45, 2.75) is 13.5 Å². The van der Waals surface area contributed by atoms with E-state index < -0.39 is 0 Å². The van der Waals surface area contributed by atoms with Crippen LogP contribution in [0.3, 0.4) is 0 Å². The molecule has 0 atom stereocenters. The molecule has 0 saturated carbocycles. The summed E-state index contributed by atoms with van der Waals surface area (Å²) in [6.07, 6.45) is 1.77. The standard InChI is InChI=1S/C17H16ClN5/c1-12-10-16(20-11-13-6-4-5-9-19-13)23-17(21-12)22-15-8-3-2-7-14(15)18/h2-10H,11H2,1H3,(H2,20,21,22,23). The number of nitrogens with zero attached hydrogens (tertiary/aromatic N) is 3. The maximum Gasteiger partial charge on any atom is 0.229 e. The van der Waals surface area contributed by atoms with E-state index in [2.05, 4.69) is 25.6 Å². The SMILES string of the molecule is Cc1cc(NCc2ccccn2)nc(Nc2ccccc2Cl)n1. The van der Waals surface area contributed by atoms with E-state index in [1.807, 2.05) is 55.5 Å². The van der Waals surface area contributed by atoms with Crippen LogP contribution < -0.4 is 10.6 Å². The van der Waals surface area contributed by atoms with E-state index >= 15 is 0 Å². The Morgan fingerprint density at radius 3 is 2.65 bits per heavy atom.